The number of unbranched alkanes of at least 4 members (excludes halogenated alkanes) is 4. The summed E-state index contributed by atoms with van der Waals surface area (Å²) in [6, 6.07) is 0. The number of hydrogen-bond donors (Lipinski definition) is 0. The van der Waals surface area contributed by atoms with Crippen LogP contribution in [0.5, 0.6) is 0 Å². The minimum absolute atomic E-state index is 0.0717. The maximum absolute atomic E-state index is 12.2. The topological polar surface area (TPSA) is 29.1 Å². The van der Waals surface area contributed by atoms with Crippen LogP contribution in [0.4, 0.5) is 0 Å². The molecule has 1 radical (unpaired) electrons. The van der Waals surface area contributed by atoms with E-state index in [4.69, 9.17) is 4.74 Å². The van der Waals surface area contributed by atoms with E-state index in [0.29, 0.717) is 5.92 Å². The highest BCUT2D eigenvalue weighted by molar-refractivity contribution is 4.82. The molecule has 0 rings (SSSR count). The highest BCUT2D eigenvalue weighted by Gasteiger charge is 2.33. The van der Waals surface area contributed by atoms with Gasteiger partial charge in [-0.3, -0.25) is 0 Å². The Labute approximate surface area is 159 Å². The number of hydrogen-bond acceptors (Lipinski definition) is 1. The Morgan fingerprint density at radius 2 is 1.32 bits per heavy atom. The van der Waals surface area contributed by atoms with Crippen LogP contribution in [-0.2, 0) is 9.84 Å². The third-order valence-electron chi connectivity index (χ3n) is 5.54. The Bertz CT molecular complexity index is 279. The molecule has 0 spiro atoms. The van der Waals surface area contributed by atoms with Crippen LogP contribution in [-0.4, -0.2) is 18.3 Å². The average Bonchev–Trinajstić information content (AvgIpc) is 2.62. The second kappa shape index (κ2) is 16.1. The van der Waals surface area contributed by atoms with E-state index in [2.05, 4.69) is 34.6 Å². The van der Waals surface area contributed by atoms with Crippen molar-refractivity contribution in [3.8, 4) is 0 Å². The largest absolute Gasteiger partial charge is 0.369 e. The van der Waals surface area contributed by atoms with E-state index in [-0.39, 0.29) is 12.7 Å². The van der Waals surface area contributed by atoms with E-state index < -0.39 is 5.60 Å². The van der Waals surface area contributed by atoms with Crippen molar-refractivity contribution in [2.45, 2.75) is 136 Å². The Morgan fingerprint density at radius 3 is 1.88 bits per heavy atom. The molecule has 0 bridgehead atoms. The van der Waals surface area contributed by atoms with Crippen LogP contribution in [0, 0.1) is 5.92 Å². The maximum atomic E-state index is 12.2. The van der Waals surface area contributed by atoms with Gasteiger partial charge < -0.3 is 4.74 Å². The van der Waals surface area contributed by atoms with Gasteiger partial charge in [0.1, 0.15) is 6.61 Å². The summed E-state index contributed by atoms with van der Waals surface area (Å²) in [5, 5.41) is 12.2. The van der Waals surface area contributed by atoms with Crippen molar-refractivity contribution in [1.29, 1.82) is 0 Å². The van der Waals surface area contributed by atoms with Crippen molar-refractivity contribution >= 4 is 0 Å². The van der Waals surface area contributed by atoms with Gasteiger partial charge in [-0.25, -0.2) is 5.11 Å². The van der Waals surface area contributed by atoms with Crippen molar-refractivity contribution in [2.24, 2.45) is 5.92 Å². The average molecular weight is 356 g/mol. The Morgan fingerprint density at radius 1 is 0.720 bits per heavy atom. The molecule has 0 fully saturated rings. The van der Waals surface area contributed by atoms with Gasteiger partial charge in [-0.1, -0.05) is 92.4 Å². The lowest BCUT2D eigenvalue weighted by Crippen LogP contribution is -2.40. The van der Waals surface area contributed by atoms with Gasteiger partial charge in [0.15, 0.2) is 0 Å². The number of rotatable bonds is 18. The molecule has 0 N–H and O–H groups in total. The molecule has 3 unspecified atom stereocenters. The summed E-state index contributed by atoms with van der Waals surface area (Å²) in [4.78, 5) is 0. The fourth-order valence-electron chi connectivity index (χ4n) is 3.75. The molecule has 0 saturated carbocycles. The first-order chi connectivity index (χ1) is 12.1. The van der Waals surface area contributed by atoms with Gasteiger partial charge in [0.05, 0.1) is 11.7 Å². The Hall–Kier alpha value is -0.0800. The molecule has 0 amide bonds. The summed E-state index contributed by atoms with van der Waals surface area (Å²) in [7, 11) is 0. The standard InChI is InChI=1S/C23H47O2/c1-6-10-13-16-22(15-12-8-3)25-23(20-24,18-9-4)19-17-21(5)14-11-7-2/h21-22H,6-20H2,1-5H3. The van der Waals surface area contributed by atoms with Crippen molar-refractivity contribution in [2.75, 3.05) is 6.61 Å². The third kappa shape index (κ3) is 12.0. The Balaban J connectivity index is 4.78. The molecule has 0 aromatic heterocycles. The second-order valence-corrected chi connectivity index (χ2v) is 8.24. The lowest BCUT2D eigenvalue weighted by atomic mass is 9.87. The third-order valence-corrected chi connectivity index (χ3v) is 5.54. The molecular formula is C23H47O2. The van der Waals surface area contributed by atoms with Gasteiger partial charge in [-0.2, -0.15) is 0 Å². The van der Waals surface area contributed by atoms with Crippen molar-refractivity contribution in [3.05, 3.63) is 0 Å². The Kier molecular flexibility index (Phi) is 16.1. The molecule has 0 aliphatic heterocycles. The van der Waals surface area contributed by atoms with E-state index in [1.807, 2.05) is 0 Å². The number of ether oxygens (including phenoxy) is 1. The molecule has 0 aromatic rings. The van der Waals surface area contributed by atoms with Crippen molar-refractivity contribution in [3.63, 3.8) is 0 Å². The fourth-order valence-corrected chi connectivity index (χ4v) is 3.75. The van der Waals surface area contributed by atoms with E-state index >= 15 is 0 Å². The van der Waals surface area contributed by atoms with E-state index in [1.54, 1.807) is 0 Å². The molecule has 2 nitrogen and oxygen atoms in total. The summed E-state index contributed by atoms with van der Waals surface area (Å²) in [5.74, 6) is 0.709. The van der Waals surface area contributed by atoms with Gasteiger partial charge in [0.2, 0.25) is 0 Å². The summed E-state index contributed by atoms with van der Waals surface area (Å²) in [6.45, 7) is 11.2. The van der Waals surface area contributed by atoms with Gasteiger partial charge in [-0.15, -0.1) is 0 Å². The first kappa shape index (κ1) is 24.9. The fraction of sp³-hybridized carbons (Fsp3) is 1.00. The van der Waals surface area contributed by atoms with Crippen LogP contribution in [0.25, 0.3) is 0 Å². The van der Waals surface area contributed by atoms with Gasteiger partial charge >= 0.3 is 0 Å². The monoisotopic (exact) mass is 355 g/mol. The van der Waals surface area contributed by atoms with E-state index in [9.17, 15) is 5.11 Å². The first-order valence-corrected chi connectivity index (χ1v) is 11.3. The van der Waals surface area contributed by atoms with Crippen LogP contribution in [0.15, 0.2) is 0 Å². The maximum Gasteiger partial charge on any atom is 0.111 e. The summed E-state index contributed by atoms with van der Waals surface area (Å²) < 4.78 is 6.62. The summed E-state index contributed by atoms with van der Waals surface area (Å²) >= 11 is 0. The lowest BCUT2D eigenvalue weighted by Gasteiger charge is -2.36. The van der Waals surface area contributed by atoms with Crippen molar-refractivity contribution < 1.29 is 9.84 Å². The predicted octanol–water partition coefficient (Wildman–Crippen LogP) is 7.72. The molecule has 151 valence electrons. The van der Waals surface area contributed by atoms with Crippen LogP contribution in [0.3, 0.4) is 0 Å². The first-order valence-electron chi connectivity index (χ1n) is 11.3. The molecule has 0 aliphatic carbocycles. The smallest absolute Gasteiger partial charge is 0.111 e. The van der Waals surface area contributed by atoms with Crippen LogP contribution < -0.4 is 0 Å². The highest BCUT2D eigenvalue weighted by Crippen LogP contribution is 2.31. The molecule has 2 heteroatoms. The highest BCUT2D eigenvalue weighted by atomic mass is 16.5. The molecule has 0 heterocycles. The van der Waals surface area contributed by atoms with Gasteiger partial charge in [0, 0.05) is 0 Å². The predicted molar refractivity (Wildman–Crippen MR) is 110 cm³/mol. The minimum Gasteiger partial charge on any atom is -0.369 e. The van der Waals surface area contributed by atoms with E-state index in [0.717, 1.165) is 38.5 Å². The molecule has 0 aromatic carbocycles. The van der Waals surface area contributed by atoms with Crippen LogP contribution >= 0.6 is 0 Å². The van der Waals surface area contributed by atoms with Crippen LogP contribution in [0.2, 0.25) is 0 Å². The molecule has 3 atom stereocenters. The zero-order valence-corrected chi connectivity index (χ0v) is 18.1. The zero-order chi connectivity index (χ0) is 19.0. The summed E-state index contributed by atoms with van der Waals surface area (Å²) in [6.07, 6.45) is 16.6. The molecular weight excluding hydrogens is 308 g/mol. The van der Waals surface area contributed by atoms with Gasteiger partial charge in [0.25, 0.3) is 0 Å². The van der Waals surface area contributed by atoms with Crippen molar-refractivity contribution in [1.82, 2.24) is 0 Å². The van der Waals surface area contributed by atoms with Gasteiger partial charge in [-0.05, 0) is 38.0 Å². The quantitative estimate of drug-likeness (QED) is 0.231. The molecule has 0 saturated heterocycles. The zero-order valence-electron chi connectivity index (χ0n) is 18.1. The normalized spacial score (nSPS) is 16.6. The second-order valence-electron chi connectivity index (χ2n) is 8.24. The SMILES string of the molecule is CCCCCC(CCCC)OC(C[O])(CCC)CCC(C)CCCC. The molecule has 0 aliphatic rings. The lowest BCUT2D eigenvalue weighted by molar-refractivity contribution is -0.147. The van der Waals surface area contributed by atoms with Crippen LogP contribution in [0.1, 0.15) is 125 Å². The minimum atomic E-state index is -0.417. The molecule has 25 heavy (non-hydrogen) atoms. The summed E-state index contributed by atoms with van der Waals surface area (Å²) in [5.41, 5.74) is -0.417. The van der Waals surface area contributed by atoms with E-state index in [1.165, 1.54) is 51.4 Å².